The molecule has 0 saturated carbocycles. The SMILES string of the molecule is CCC(NC(=O)Cn1nc(C)cc1C)c1nc(C(F)(F)F)cs1. The summed E-state index contributed by atoms with van der Waals surface area (Å²) in [7, 11) is 0. The molecule has 1 amide bonds. The highest BCUT2D eigenvalue weighted by atomic mass is 32.1. The predicted octanol–water partition coefficient (Wildman–Crippen LogP) is 3.24. The molecule has 0 saturated heterocycles. The fourth-order valence-corrected chi connectivity index (χ4v) is 3.09. The third-order valence-corrected chi connectivity index (χ3v) is 4.21. The van der Waals surface area contributed by atoms with Crippen LogP contribution in [0.4, 0.5) is 13.2 Å². The van der Waals surface area contributed by atoms with E-state index in [4.69, 9.17) is 0 Å². The first kappa shape index (κ1) is 17.5. The summed E-state index contributed by atoms with van der Waals surface area (Å²) in [6.07, 6.45) is -4.02. The molecule has 2 aromatic rings. The van der Waals surface area contributed by atoms with Crippen molar-refractivity contribution in [2.24, 2.45) is 0 Å². The first-order chi connectivity index (χ1) is 10.7. The Balaban J connectivity index is 2.05. The Bertz CT molecular complexity index is 692. The van der Waals surface area contributed by atoms with Gasteiger partial charge in [0.05, 0.1) is 11.7 Å². The number of carbonyl (C=O) groups excluding carboxylic acids is 1. The van der Waals surface area contributed by atoms with Crippen molar-refractivity contribution in [1.29, 1.82) is 0 Å². The van der Waals surface area contributed by atoms with Crippen LogP contribution in [0.2, 0.25) is 0 Å². The van der Waals surface area contributed by atoms with Crippen LogP contribution in [0.15, 0.2) is 11.4 Å². The normalized spacial score (nSPS) is 13.1. The van der Waals surface area contributed by atoms with Gasteiger partial charge in [0.25, 0.3) is 0 Å². The molecule has 1 N–H and O–H groups in total. The van der Waals surface area contributed by atoms with Gasteiger partial charge in [0, 0.05) is 11.1 Å². The monoisotopic (exact) mass is 346 g/mol. The Morgan fingerprint density at radius 2 is 2.13 bits per heavy atom. The number of halogens is 3. The number of alkyl halides is 3. The maximum Gasteiger partial charge on any atom is 0.434 e. The third-order valence-electron chi connectivity index (χ3n) is 3.25. The van der Waals surface area contributed by atoms with Gasteiger partial charge in [0.2, 0.25) is 5.91 Å². The molecule has 0 radical (unpaired) electrons. The number of hydrogen-bond acceptors (Lipinski definition) is 4. The van der Waals surface area contributed by atoms with E-state index in [-0.39, 0.29) is 17.5 Å². The topological polar surface area (TPSA) is 59.8 Å². The van der Waals surface area contributed by atoms with Crippen LogP contribution in [0.25, 0.3) is 0 Å². The van der Waals surface area contributed by atoms with Crippen molar-refractivity contribution in [3.05, 3.63) is 33.5 Å². The van der Waals surface area contributed by atoms with Crippen molar-refractivity contribution in [2.45, 2.75) is 46.0 Å². The number of aromatic nitrogens is 3. The molecule has 1 unspecified atom stereocenters. The number of rotatable bonds is 5. The predicted molar refractivity (Wildman–Crippen MR) is 80.0 cm³/mol. The van der Waals surface area contributed by atoms with E-state index in [2.05, 4.69) is 15.4 Å². The molecule has 2 heterocycles. The molecule has 126 valence electrons. The van der Waals surface area contributed by atoms with E-state index in [1.165, 1.54) is 0 Å². The Labute approximate surface area is 135 Å². The zero-order valence-corrected chi connectivity index (χ0v) is 13.8. The Morgan fingerprint density at radius 3 is 2.61 bits per heavy atom. The largest absolute Gasteiger partial charge is 0.434 e. The highest BCUT2D eigenvalue weighted by Crippen LogP contribution is 2.32. The molecule has 5 nitrogen and oxygen atoms in total. The van der Waals surface area contributed by atoms with Crippen LogP contribution in [0, 0.1) is 13.8 Å². The smallest absolute Gasteiger partial charge is 0.345 e. The third kappa shape index (κ3) is 4.31. The van der Waals surface area contributed by atoms with Crippen molar-refractivity contribution in [1.82, 2.24) is 20.1 Å². The molecule has 2 aromatic heterocycles. The minimum absolute atomic E-state index is 0.0215. The van der Waals surface area contributed by atoms with Crippen LogP contribution in [0.3, 0.4) is 0 Å². The molecule has 0 aliphatic heterocycles. The second-order valence-corrected chi connectivity index (χ2v) is 6.07. The minimum atomic E-state index is -4.47. The molecule has 0 bridgehead atoms. The van der Waals surface area contributed by atoms with Crippen molar-refractivity contribution >= 4 is 17.2 Å². The number of aryl methyl sites for hydroxylation is 2. The Morgan fingerprint density at radius 1 is 1.43 bits per heavy atom. The molecule has 0 aromatic carbocycles. The van der Waals surface area contributed by atoms with E-state index in [1.54, 1.807) is 11.6 Å². The molecule has 1 atom stereocenters. The number of amides is 1. The summed E-state index contributed by atoms with van der Waals surface area (Å²) in [5.41, 5.74) is 0.722. The number of nitrogens with one attached hydrogen (secondary N) is 1. The second-order valence-electron chi connectivity index (χ2n) is 5.18. The summed E-state index contributed by atoms with van der Waals surface area (Å²) in [6.45, 7) is 5.46. The highest BCUT2D eigenvalue weighted by Gasteiger charge is 2.34. The van der Waals surface area contributed by atoms with E-state index in [0.29, 0.717) is 6.42 Å². The Kier molecular flexibility index (Phi) is 5.08. The zero-order chi connectivity index (χ0) is 17.2. The van der Waals surface area contributed by atoms with Crippen LogP contribution in [0.5, 0.6) is 0 Å². The number of hydrogen-bond donors (Lipinski definition) is 1. The number of carbonyl (C=O) groups is 1. The summed E-state index contributed by atoms with van der Waals surface area (Å²) in [4.78, 5) is 15.7. The molecule has 23 heavy (non-hydrogen) atoms. The van der Waals surface area contributed by atoms with Crippen molar-refractivity contribution in [3.8, 4) is 0 Å². The van der Waals surface area contributed by atoms with Crippen molar-refractivity contribution in [2.75, 3.05) is 0 Å². The van der Waals surface area contributed by atoms with E-state index < -0.39 is 17.9 Å². The van der Waals surface area contributed by atoms with E-state index in [1.807, 2.05) is 19.9 Å². The lowest BCUT2D eigenvalue weighted by Crippen LogP contribution is -2.32. The van der Waals surface area contributed by atoms with E-state index >= 15 is 0 Å². The summed E-state index contributed by atoms with van der Waals surface area (Å²) >= 11 is 0.896. The van der Waals surface area contributed by atoms with Gasteiger partial charge in [-0.05, 0) is 26.3 Å². The highest BCUT2D eigenvalue weighted by molar-refractivity contribution is 7.09. The van der Waals surface area contributed by atoms with Crippen LogP contribution in [-0.4, -0.2) is 20.7 Å². The average Bonchev–Trinajstić information content (AvgIpc) is 3.03. The van der Waals surface area contributed by atoms with Gasteiger partial charge in [-0.25, -0.2) is 4.98 Å². The summed E-state index contributed by atoms with van der Waals surface area (Å²) < 4.78 is 39.4. The molecular weight excluding hydrogens is 329 g/mol. The summed E-state index contributed by atoms with van der Waals surface area (Å²) in [5.74, 6) is -0.313. The van der Waals surface area contributed by atoms with E-state index in [0.717, 1.165) is 28.1 Å². The fraction of sp³-hybridized carbons (Fsp3) is 0.500. The van der Waals surface area contributed by atoms with E-state index in [9.17, 15) is 18.0 Å². The molecule has 2 rings (SSSR count). The maximum atomic E-state index is 12.6. The van der Waals surface area contributed by atoms with Crippen LogP contribution < -0.4 is 5.32 Å². The average molecular weight is 346 g/mol. The zero-order valence-electron chi connectivity index (χ0n) is 12.9. The quantitative estimate of drug-likeness (QED) is 0.904. The molecule has 0 fully saturated rings. The first-order valence-electron chi connectivity index (χ1n) is 7.03. The molecular formula is C14H17F3N4OS. The van der Waals surface area contributed by atoms with Crippen molar-refractivity contribution in [3.63, 3.8) is 0 Å². The van der Waals surface area contributed by atoms with Gasteiger partial charge in [-0.1, -0.05) is 6.92 Å². The molecule has 0 aliphatic rings. The van der Waals surface area contributed by atoms with Gasteiger partial charge in [0.1, 0.15) is 11.6 Å². The fourth-order valence-electron chi connectivity index (χ4n) is 2.13. The summed E-state index contributed by atoms with van der Waals surface area (Å²) in [6, 6.07) is 1.31. The van der Waals surface area contributed by atoms with Gasteiger partial charge in [0.15, 0.2) is 5.69 Å². The first-order valence-corrected chi connectivity index (χ1v) is 7.91. The van der Waals surface area contributed by atoms with Crippen LogP contribution >= 0.6 is 11.3 Å². The van der Waals surface area contributed by atoms with Crippen LogP contribution in [0.1, 0.15) is 41.5 Å². The maximum absolute atomic E-state index is 12.6. The van der Waals surface area contributed by atoms with Gasteiger partial charge < -0.3 is 5.32 Å². The standard InChI is InChI=1S/C14H17F3N4OS/c1-4-10(13-19-11(7-23-13)14(15,16)17)18-12(22)6-21-9(3)5-8(2)20-21/h5,7,10H,4,6H2,1-3H3,(H,18,22). The lowest BCUT2D eigenvalue weighted by Gasteiger charge is -2.15. The lowest BCUT2D eigenvalue weighted by molar-refractivity contribution is -0.140. The second kappa shape index (κ2) is 6.69. The Hall–Kier alpha value is -1.90. The van der Waals surface area contributed by atoms with Crippen LogP contribution in [-0.2, 0) is 17.5 Å². The minimum Gasteiger partial charge on any atom is -0.345 e. The lowest BCUT2D eigenvalue weighted by atomic mass is 10.2. The molecule has 0 aliphatic carbocycles. The number of thiazole rings is 1. The summed E-state index contributed by atoms with van der Waals surface area (Å²) in [5, 5.41) is 8.11. The number of nitrogens with zero attached hydrogens (tertiary/aromatic N) is 3. The van der Waals surface area contributed by atoms with Crippen molar-refractivity contribution < 1.29 is 18.0 Å². The van der Waals surface area contributed by atoms with Gasteiger partial charge in [-0.2, -0.15) is 18.3 Å². The van der Waals surface area contributed by atoms with Gasteiger partial charge in [-0.3, -0.25) is 9.48 Å². The molecule has 0 spiro atoms. The van der Waals surface area contributed by atoms with Gasteiger partial charge in [-0.15, -0.1) is 11.3 Å². The molecule has 9 heteroatoms. The van der Waals surface area contributed by atoms with Gasteiger partial charge >= 0.3 is 6.18 Å².